The molecule has 0 amide bonds. The molecule has 2 heterocycles. The Balaban J connectivity index is 1.38. The van der Waals surface area contributed by atoms with Crippen molar-refractivity contribution in [3.05, 3.63) is 59.2 Å². The van der Waals surface area contributed by atoms with Crippen molar-refractivity contribution >= 4 is 11.8 Å². The molecule has 1 saturated carbocycles. The molecule has 2 aromatic carbocycles. The highest BCUT2D eigenvalue weighted by atomic mass is 32.2. The van der Waals surface area contributed by atoms with Gasteiger partial charge in [0.2, 0.25) is 0 Å². The van der Waals surface area contributed by atoms with E-state index in [9.17, 15) is 0 Å². The van der Waals surface area contributed by atoms with E-state index >= 15 is 0 Å². The topological polar surface area (TPSA) is 24.5 Å². The van der Waals surface area contributed by atoms with Gasteiger partial charge in [-0.15, -0.1) is 11.8 Å². The van der Waals surface area contributed by atoms with E-state index in [4.69, 9.17) is 4.74 Å². The number of rotatable bonds is 6. The first-order valence-electron chi connectivity index (χ1n) is 12.0. The Morgan fingerprint density at radius 1 is 1.00 bits per heavy atom. The molecule has 5 rings (SSSR count). The zero-order valence-corrected chi connectivity index (χ0v) is 19.8. The van der Waals surface area contributed by atoms with Gasteiger partial charge < -0.3 is 15.0 Å². The minimum absolute atomic E-state index is 0.394. The van der Waals surface area contributed by atoms with Crippen molar-refractivity contribution in [1.29, 1.82) is 0 Å². The Labute approximate surface area is 191 Å². The zero-order valence-electron chi connectivity index (χ0n) is 19.0. The highest BCUT2D eigenvalue weighted by Crippen LogP contribution is 2.40. The summed E-state index contributed by atoms with van der Waals surface area (Å²) in [5.74, 6) is 2.98. The van der Waals surface area contributed by atoms with Crippen LogP contribution in [0.2, 0.25) is 0 Å². The molecule has 0 aromatic heterocycles. The summed E-state index contributed by atoms with van der Waals surface area (Å²) in [6, 6.07) is 16.1. The molecule has 2 unspecified atom stereocenters. The molecule has 1 saturated heterocycles. The van der Waals surface area contributed by atoms with Crippen molar-refractivity contribution in [3.8, 4) is 5.75 Å². The standard InChI is InChI=1S/C27H36N2OS/c1-29-17-22-16-23(30-27(20-4-3-5-20)21-12-14-28-15-13-21)8-11-25(22)26(18-29)19-6-9-24(31-2)10-7-19/h6-11,16,20-21,26-28H,3-5,12-15,17-18H2,1-2H3. The maximum atomic E-state index is 6.78. The average Bonchev–Trinajstić information content (AvgIpc) is 2.77. The lowest BCUT2D eigenvalue weighted by Crippen LogP contribution is -2.43. The van der Waals surface area contributed by atoms with Gasteiger partial charge in [0.05, 0.1) is 0 Å². The van der Waals surface area contributed by atoms with Crippen molar-refractivity contribution in [3.63, 3.8) is 0 Å². The van der Waals surface area contributed by atoms with Gasteiger partial charge in [0.1, 0.15) is 11.9 Å². The maximum Gasteiger partial charge on any atom is 0.120 e. The van der Waals surface area contributed by atoms with E-state index in [0.717, 1.165) is 37.8 Å². The highest BCUT2D eigenvalue weighted by molar-refractivity contribution is 7.98. The van der Waals surface area contributed by atoms with Crippen LogP contribution in [-0.4, -0.2) is 43.9 Å². The van der Waals surface area contributed by atoms with Crippen molar-refractivity contribution in [2.24, 2.45) is 11.8 Å². The number of ether oxygens (including phenoxy) is 1. The first-order valence-corrected chi connectivity index (χ1v) is 13.3. The number of hydrogen-bond donors (Lipinski definition) is 1. The van der Waals surface area contributed by atoms with Gasteiger partial charge in [-0.2, -0.15) is 0 Å². The van der Waals surface area contributed by atoms with Gasteiger partial charge >= 0.3 is 0 Å². The molecule has 166 valence electrons. The number of nitrogens with zero attached hydrogens (tertiary/aromatic N) is 1. The second-order valence-electron chi connectivity index (χ2n) is 9.74. The van der Waals surface area contributed by atoms with Crippen molar-refractivity contribution < 1.29 is 4.74 Å². The molecular weight excluding hydrogens is 400 g/mol. The summed E-state index contributed by atoms with van der Waals surface area (Å²) in [4.78, 5) is 3.78. The fourth-order valence-corrected chi connectivity index (χ4v) is 6.10. The molecule has 1 N–H and O–H groups in total. The minimum atomic E-state index is 0.394. The summed E-state index contributed by atoms with van der Waals surface area (Å²) in [7, 11) is 2.24. The van der Waals surface area contributed by atoms with Crippen LogP contribution in [0.3, 0.4) is 0 Å². The van der Waals surface area contributed by atoms with E-state index in [1.807, 2.05) is 11.8 Å². The van der Waals surface area contributed by atoms with Crippen molar-refractivity contribution in [2.45, 2.75) is 55.6 Å². The molecule has 3 aliphatic rings. The zero-order chi connectivity index (χ0) is 21.2. The first kappa shape index (κ1) is 21.4. The third-order valence-electron chi connectivity index (χ3n) is 7.68. The Morgan fingerprint density at radius 2 is 1.74 bits per heavy atom. The minimum Gasteiger partial charge on any atom is -0.490 e. The third-order valence-corrected chi connectivity index (χ3v) is 8.42. The van der Waals surface area contributed by atoms with Crippen LogP contribution in [0.5, 0.6) is 5.75 Å². The Morgan fingerprint density at radius 3 is 2.42 bits per heavy atom. The quantitative estimate of drug-likeness (QED) is 0.602. The average molecular weight is 437 g/mol. The molecule has 1 aliphatic carbocycles. The van der Waals surface area contributed by atoms with Crippen molar-refractivity contribution in [1.82, 2.24) is 10.2 Å². The molecule has 0 radical (unpaired) electrons. The lowest BCUT2D eigenvalue weighted by atomic mass is 9.74. The molecule has 2 aromatic rings. The van der Waals surface area contributed by atoms with E-state index in [-0.39, 0.29) is 0 Å². The van der Waals surface area contributed by atoms with Gasteiger partial charge in [-0.05, 0) is 105 Å². The monoisotopic (exact) mass is 436 g/mol. The van der Waals surface area contributed by atoms with Crippen LogP contribution < -0.4 is 10.1 Å². The molecule has 3 nitrogen and oxygen atoms in total. The lowest BCUT2D eigenvalue weighted by Gasteiger charge is -2.40. The van der Waals surface area contributed by atoms with Gasteiger partial charge in [0.25, 0.3) is 0 Å². The largest absolute Gasteiger partial charge is 0.490 e. The van der Waals surface area contributed by atoms with Gasteiger partial charge in [-0.1, -0.05) is 24.6 Å². The number of likely N-dealkylation sites (N-methyl/N-ethyl adjacent to an activating group) is 1. The molecule has 2 atom stereocenters. The van der Waals surface area contributed by atoms with Crippen LogP contribution in [0.25, 0.3) is 0 Å². The van der Waals surface area contributed by atoms with Gasteiger partial charge in [-0.25, -0.2) is 0 Å². The molecule has 2 fully saturated rings. The predicted octanol–water partition coefficient (Wildman–Crippen LogP) is 5.53. The van der Waals surface area contributed by atoms with E-state index in [0.29, 0.717) is 17.9 Å². The maximum absolute atomic E-state index is 6.78. The molecule has 0 bridgehead atoms. The number of nitrogens with one attached hydrogen (secondary N) is 1. The van der Waals surface area contributed by atoms with E-state index < -0.39 is 0 Å². The smallest absolute Gasteiger partial charge is 0.120 e. The number of benzene rings is 2. The van der Waals surface area contributed by atoms with Gasteiger partial charge in [0.15, 0.2) is 0 Å². The molecule has 4 heteroatoms. The number of thioether (sulfide) groups is 1. The highest BCUT2D eigenvalue weighted by Gasteiger charge is 2.36. The summed E-state index contributed by atoms with van der Waals surface area (Å²) in [6.45, 7) is 4.37. The molecule has 31 heavy (non-hydrogen) atoms. The Kier molecular flexibility index (Phi) is 6.59. The summed E-state index contributed by atoms with van der Waals surface area (Å²) in [5.41, 5.74) is 4.33. The summed E-state index contributed by atoms with van der Waals surface area (Å²) in [6.07, 6.45) is 9.10. The van der Waals surface area contributed by atoms with Gasteiger partial charge in [0, 0.05) is 23.9 Å². The second-order valence-corrected chi connectivity index (χ2v) is 10.6. The summed E-state index contributed by atoms with van der Waals surface area (Å²) in [5, 5.41) is 3.52. The predicted molar refractivity (Wildman–Crippen MR) is 130 cm³/mol. The Hall–Kier alpha value is -1.49. The number of piperidine rings is 1. The molecular formula is C27H36N2OS. The van der Waals surface area contributed by atoms with E-state index in [1.165, 1.54) is 53.7 Å². The van der Waals surface area contributed by atoms with Crippen LogP contribution in [0.15, 0.2) is 47.4 Å². The van der Waals surface area contributed by atoms with E-state index in [2.05, 4.69) is 66.0 Å². The molecule has 0 spiro atoms. The van der Waals surface area contributed by atoms with Crippen LogP contribution in [-0.2, 0) is 6.54 Å². The van der Waals surface area contributed by atoms with Crippen molar-refractivity contribution in [2.75, 3.05) is 32.9 Å². The summed E-state index contributed by atoms with van der Waals surface area (Å²) < 4.78 is 6.78. The van der Waals surface area contributed by atoms with Crippen LogP contribution in [0, 0.1) is 11.8 Å². The van der Waals surface area contributed by atoms with Crippen LogP contribution in [0.4, 0.5) is 0 Å². The van der Waals surface area contributed by atoms with E-state index in [1.54, 1.807) is 0 Å². The summed E-state index contributed by atoms with van der Waals surface area (Å²) >= 11 is 1.81. The fourth-order valence-electron chi connectivity index (χ4n) is 5.69. The first-order chi connectivity index (χ1) is 15.2. The Bertz CT molecular complexity index is 873. The second kappa shape index (κ2) is 9.56. The fraction of sp³-hybridized carbons (Fsp3) is 0.556. The third kappa shape index (κ3) is 4.67. The normalized spacial score (nSPS) is 23.7. The SMILES string of the molecule is CSc1ccc(C2CN(C)Cc3cc(OC(C4CCC4)C4CCNCC4)ccc32)cc1. The lowest BCUT2D eigenvalue weighted by molar-refractivity contribution is 0.0239. The molecule has 2 aliphatic heterocycles. The van der Waals surface area contributed by atoms with Gasteiger partial charge in [-0.3, -0.25) is 0 Å². The number of fused-ring (bicyclic) bond motifs is 1. The number of hydrogen-bond acceptors (Lipinski definition) is 4. The van der Waals surface area contributed by atoms with Crippen LogP contribution >= 0.6 is 11.8 Å². The van der Waals surface area contributed by atoms with Crippen LogP contribution in [0.1, 0.15) is 54.7 Å².